The Morgan fingerprint density at radius 3 is 3.00 bits per heavy atom. The summed E-state index contributed by atoms with van der Waals surface area (Å²) >= 11 is 0. The van der Waals surface area contributed by atoms with Crippen LogP contribution in [-0.4, -0.2) is 31.0 Å². The van der Waals surface area contributed by atoms with Gasteiger partial charge in [-0.05, 0) is 6.42 Å². The van der Waals surface area contributed by atoms with E-state index in [0.717, 1.165) is 19.6 Å². The third-order valence-corrected chi connectivity index (χ3v) is 1.38. The van der Waals surface area contributed by atoms with Crippen LogP contribution >= 0.6 is 0 Å². The Morgan fingerprint density at radius 1 is 1.62 bits per heavy atom. The van der Waals surface area contributed by atoms with E-state index in [0.29, 0.717) is 12.6 Å². The first-order chi connectivity index (χ1) is 3.93. The number of hydrogen-bond acceptors (Lipinski definition) is 3. The van der Waals surface area contributed by atoms with Gasteiger partial charge in [0, 0.05) is 25.9 Å². The van der Waals surface area contributed by atoms with Crippen molar-refractivity contribution in [1.29, 1.82) is 0 Å². The molecule has 1 atom stereocenters. The Morgan fingerprint density at radius 2 is 2.50 bits per heavy atom. The molecule has 3 N–H and O–H groups in total. The van der Waals surface area contributed by atoms with Gasteiger partial charge in [0.05, 0.1) is 0 Å². The Bertz CT molecular complexity index is 61.4. The summed E-state index contributed by atoms with van der Waals surface area (Å²) in [7, 11) is 0. The number of aliphatic hydroxyl groups is 1. The predicted octanol–water partition coefficient (Wildman–Crippen LogP) is -1.11. The van der Waals surface area contributed by atoms with E-state index in [2.05, 4.69) is 10.6 Å². The third kappa shape index (κ3) is 1.43. The highest BCUT2D eigenvalue weighted by atomic mass is 16.3. The summed E-state index contributed by atoms with van der Waals surface area (Å²) in [6.45, 7) is 2.19. The highest BCUT2D eigenvalue weighted by Gasteiger charge is 2.10. The van der Waals surface area contributed by atoms with Crippen LogP contribution in [0.5, 0.6) is 0 Å². The molecule has 8 heavy (non-hydrogen) atoms. The minimum Gasteiger partial charge on any atom is -0.396 e. The molecule has 1 aliphatic rings. The second-order valence-electron chi connectivity index (χ2n) is 2.04. The van der Waals surface area contributed by atoms with Crippen molar-refractivity contribution in [2.24, 2.45) is 0 Å². The maximum absolute atomic E-state index is 8.46. The van der Waals surface area contributed by atoms with E-state index in [1.807, 2.05) is 0 Å². The number of nitrogens with one attached hydrogen (secondary N) is 2. The predicted molar refractivity (Wildman–Crippen MR) is 31.5 cm³/mol. The smallest absolute Gasteiger partial charge is 0.0457 e. The largest absolute Gasteiger partial charge is 0.396 e. The zero-order chi connectivity index (χ0) is 5.82. The summed E-state index contributed by atoms with van der Waals surface area (Å²) in [6, 6.07) is 0.500. The van der Waals surface area contributed by atoms with Crippen LogP contribution in [0.3, 0.4) is 0 Å². The fourth-order valence-corrected chi connectivity index (χ4v) is 0.895. The monoisotopic (exact) mass is 116 g/mol. The zero-order valence-electron chi connectivity index (χ0n) is 4.85. The van der Waals surface area contributed by atoms with Crippen LogP contribution in [0.1, 0.15) is 6.42 Å². The minimum atomic E-state index is 0.291. The molecule has 0 aromatic rings. The van der Waals surface area contributed by atoms with Crippen LogP contribution in [0, 0.1) is 0 Å². The van der Waals surface area contributed by atoms with Gasteiger partial charge in [-0.25, -0.2) is 0 Å². The Labute approximate surface area is 49.1 Å². The molecule has 1 rings (SSSR count). The Hall–Kier alpha value is -0.120. The van der Waals surface area contributed by atoms with Crippen molar-refractivity contribution in [2.45, 2.75) is 12.5 Å². The van der Waals surface area contributed by atoms with Gasteiger partial charge in [-0.2, -0.15) is 0 Å². The van der Waals surface area contributed by atoms with Gasteiger partial charge in [0.1, 0.15) is 0 Å². The van der Waals surface area contributed by atoms with E-state index < -0.39 is 0 Å². The molecule has 1 fully saturated rings. The normalized spacial score (nSPS) is 28.9. The molecule has 3 nitrogen and oxygen atoms in total. The van der Waals surface area contributed by atoms with Gasteiger partial charge in [-0.1, -0.05) is 0 Å². The zero-order valence-corrected chi connectivity index (χ0v) is 4.85. The molecular formula is C5H12N2O. The van der Waals surface area contributed by atoms with E-state index in [1.165, 1.54) is 0 Å². The number of hydrogen-bond donors (Lipinski definition) is 3. The summed E-state index contributed by atoms with van der Waals surface area (Å²) < 4.78 is 0. The lowest BCUT2D eigenvalue weighted by Gasteiger charge is -2.03. The van der Waals surface area contributed by atoms with E-state index in [1.54, 1.807) is 0 Å². The second-order valence-corrected chi connectivity index (χ2v) is 2.04. The molecule has 48 valence electrons. The quantitative estimate of drug-likeness (QED) is 0.428. The summed E-state index contributed by atoms with van der Waals surface area (Å²) in [4.78, 5) is 0. The lowest BCUT2D eigenvalue weighted by Crippen LogP contribution is -2.24. The van der Waals surface area contributed by atoms with Gasteiger partial charge in [-0.3, -0.25) is 0 Å². The van der Waals surface area contributed by atoms with Gasteiger partial charge >= 0.3 is 0 Å². The second kappa shape index (κ2) is 3.02. The van der Waals surface area contributed by atoms with Gasteiger partial charge in [-0.15, -0.1) is 0 Å². The molecule has 0 spiro atoms. The Kier molecular flexibility index (Phi) is 2.27. The average Bonchev–Trinajstić information content (AvgIpc) is 2.19. The maximum atomic E-state index is 8.46. The van der Waals surface area contributed by atoms with Crippen molar-refractivity contribution in [3.8, 4) is 0 Å². The molecule has 0 bridgehead atoms. The fraction of sp³-hybridized carbons (Fsp3) is 1.00. The van der Waals surface area contributed by atoms with Crippen molar-refractivity contribution >= 4 is 0 Å². The van der Waals surface area contributed by atoms with E-state index in [-0.39, 0.29) is 0 Å². The molecule has 0 aromatic heterocycles. The van der Waals surface area contributed by atoms with Crippen LogP contribution < -0.4 is 10.6 Å². The molecule has 0 aliphatic carbocycles. The number of aliphatic hydroxyl groups excluding tert-OH is 1. The SMILES string of the molecule is OCCC1CNCN1. The molecule has 0 saturated carbocycles. The lowest BCUT2D eigenvalue weighted by molar-refractivity contribution is 0.273. The van der Waals surface area contributed by atoms with Gasteiger partial charge in [0.15, 0.2) is 0 Å². The molecule has 0 aromatic carbocycles. The van der Waals surface area contributed by atoms with E-state index in [9.17, 15) is 0 Å². The molecule has 0 radical (unpaired) electrons. The number of rotatable bonds is 2. The topological polar surface area (TPSA) is 44.3 Å². The molecule has 0 amide bonds. The minimum absolute atomic E-state index is 0.291. The summed E-state index contributed by atoms with van der Waals surface area (Å²) in [6.07, 6.45) is 0.868. The fourth-order valence-electron chi connectivity index (χ4n) is 0.895. The van der Waals surface area contributed by atoms with Crippen molar-refractivity contribution < 1.29 is 5.11 Å². The Balaban J connectivity index is 2.06. The molecule has 1 heterocycles. The standard InChI is InChI=1S/C5H12N2O/c8-2-1-5-3-6-4-7-5/h5-8H,1-4H2. The van der Waals surface area contributed by atoms with Gasteiger partial charge in [0.2, 0.25) is 0 Å². The summed E-state index contributed by atoms with van der Waals surface area (Å²) in [5.41, 5.74) is 0. The molecular weight excluding hydrogens is 104 g/mol. The van der Waals surface area contributed by atoms with Crippen molar-refractivity contribution in [2.75, 3.05) is 19.8 Å². The lowest BCUT2D eigenvalue weighted by atomic mass is 10.2. The summed E-state index contributed by atoms with van der Waals surface area (Å²) in [5.74, 6) is 0. The maximum Gasteiger partial charge on any atom is 0.0457 e. The first-order valence-electron chi connectivity index (χ1n) is 2.98. The van der Waals surface area contributed by atoms with Crippen molar-refractivity contribution in [3.05, 3.63) is 0 Å². The molecule has 1 saturated heterocycles. The van der Waals surface area contributed by atoms with Crippen LogP contribution in [-0.2, 0) is 0 Å². The average molecular weight is 116 g/mol. The third-order valence-electron chi connectivity index (χ3n) is 1.38. The van der Waals surface area contributed by atoms with Crippen molar-refractivity contribution in [1.82, 2.24) is 10.6 Å². The van der Waals surface area contributed by atoms with Gasteiger partial charge in [0.25, 0.3) is 0 Å². The summed E-state index contributed by atoms with van der Waals surface area (Å²) in [5, 5.41) is 14.8. The highest BCUT2D eigenvalue weighted by molar-refractivity contribution is 4.73. The van der Waals surface area contributed by atoms with E-state index in [4.69, 9.17) is 5.11 Å². The first kappa shape index (κ1) is 6.01. The van der Waals surface area contributed by atoms with Crippen LogP contribution in [0.4, 0.5) is 0 Å². The first-order valence-corrected chi connectivity index (χ1v) is 2.98. The highest BCUT2D eigenvalue weighted by Crippen LogP contribution is 1.91. The van der Waals surface area contributed by atoms with Crippen LogP contribution in [0.15, 0.2) is 0 Å². The molecule has 1 unspecified atom stereocenters. The van der Waals surface area contributed by atoms with E-state index >= 15 is 0 Å². The van der Waals surface area contributed by atoms with Crippen molar-refractivity contribution in [3.63, 3.8) is 0 Å². The van der Waals surface area contributed by atoms with Crippen LogP contribution in [0.25, 0.3) is 0 Å². The molecule has 3 heteroatoms. The van der Waals surface area contributed by atoms with Crippen LogP contribution in [0.2, 0.25) is 0 Å². The molecule has 1 aliphatic heterocycles. The van der Waals surface area contributed by atoms with Gasteiger partial charge < -0.3 is 15.7 Å².